The molecule has 1 atom stereocenters. The Kier molecular flexibility index (Phi) is 3.24. The van der Waals surface area contributed by atoms with Crippen LogP contribution in [-0.2, 0) is 0 Å². The number of halogens is 1. The van der Waals surface area contributed by atoms with Gasteiger partial charge in [-0.05, 0) is 31.5 Å². The molecule has 5 heteroatoms. The largest absolute Gasteiger partial charge is 0.331 e. The van der Waals surface area contributed by atoms with Crippen molar-refractivity contribution in [2.75, 3.05) is 5.32 Å². The average Bonchev–Trinajstić information content (AvgIpc) is 2.65. The van der Waals surface area contributed by atoms with Gasteiger partial charge >= 0.3 is 6.01 Å². The standard InChI is InChI=1S/C11H12BrN3O/c1-7(9-3-5-10(12)6-4-9)13-11-14-8(2)15-16-11/h3-7H,1-2H3,(H,13,14,15). The number of rotatable bonds is 3. The number of hydrogen-bond acceptors (Lipinski definition) is 4. The summed E-state index contributed by atoms with van der Waals surface area (Å²) in [5, 5.41) is 6.86. The van der Waals surface area contributed by atoms with Crippen molar-refractivity contribution in [2.45, 2.75) is 19.9 Å². The fourth-order valence-corrected chi connectivity index (χ4v) is 1.64. The molecule has 1 N–H and O–H groups in total. The van der Waals surface area contributed by atoms with E-state index in [0.717, 1.165) is 4.47 Å². The summed E-state index contributed by atoms with van der Waals surface area (Å²) in [6, 6.07) is 8.69. The van der Waals surface area contributed by atoms with Crippen molar-refractivity contribution in [2.24, 2.45) is 0 Å². The number of hydrogen-bond donors (Lipinski definition) is 1. The summed E-state index contributed by atoms with van der Waals surface area (Å²) >= 11 is 3.40. The summed E-state index contributed by atoms with van der Waals surface area (Å²) in [6.07, 6.45) is 0. The van der Waals surface area contributed by atoms with Gasteiger partial charge in [0, 0.05) is 4.47 Å². The molecule has 0 radical (unpaired) electrons. The molecule has 0 saturated carbocycles. The smallest absolute Gasteiger partial charge is 0.321 e. The maximum absolute atomic E-state index is 5.00. The Hall–Kier alpha value is -1.36. The van der Waals surface area contributed by atoms with E-state index in [-0.39, 0.29) is 6.04 Å². The van der Waals surface area contributed by atoms with Crippen LogP contribution in [0.2, 0.25) is 0 Å². The fourth-order valence-electron chi connectivity index (χ4n) is 1.38. The summed E-state index contributed by atoms with van der Waals surface area (Å²) in [6.45, 7) is 3.84. The maximum atomic E-state index is 5.00. The molecule has 0 bridgehead atoms. The van der Waals surface area contributed by atoms with Crippen molar-refractivity contribution < 1.29 is 4.52 Å². The van der Waals surface area contributed by atoms with E-state index in [1.54, 1.807) is 6.92 Å². The molecule has 2 rings (SSSR count). The molecule has 0 aliphatic heterocycles. The van der Waals surface area contributed by atoms with Crippen LogP contribution < -0.4 is 5.32 Å². The topological polar surface area (TPSA) is 51.0 Å². The molecule has 16 heavy (non-hydrogen) atoms. The van der Waals surface area contributed by atoms with Gasteiger partial charge in [-0.3, -0.25) is 0 Å². The van der Waals surface area contributed by atoms with Crippen molar-refractivity contribution in [3.05, 3.63) is 40.1 Å². The van der Waals surface area contributed by atoms with Crippen LogP contribution in [0.25, 0.3) is 0 Å². The van der Waals surface area contributed by atoms with Gasteiger partial charge in [0.25, 0.3) is 0 Å². The quantitative estimate of drug-likeness (QED) is 0.938. The van der Waals surface area contributed by atoms with Crippen molar-refractivity contribution in [3.8, 4) is 0 Å². The fraction of sp³-hybridized carbons (Fsp3) is 0.273. The monoisotopic (exact) mass is 281 g/mol. The lowest BCUT2D eigenvalue weighted by Gasteiger charge is -2.11. The Balaban J connectivity index is 2.08. The number of aromatic nitrogens is 2. The van der Waals surface area contributed by atoms with Crippen molar-refractivity contribution in [1.82, 2.24) is 10.1 Å². The zero-order valence-corrected chi connectivity index (χ0v) is 10.7. The highest BCUT2D eigenvalue weighted by Crippen LogP contribution is 2.19. The third-order valence-electron chi connectivity index (χ3n) is 2.24. The molecule has 84 valence electrons. The first-order chi connectivity index (χ1) is 7.65. The Morgan fingerprint density at radius 3 is 2.56 bits per heavy atom. The first-order valence-corrected chi connectivity index (χ1v) is 5.77. The molecule has 0 aliphatic carbocycles. The van der Waals surface area contributed by atoms with Crippen molar-refractivity contribution >= 4 is 21.9 Å². The van der Waals surface area contributed by atoms with Gasteiger partial charge in [0.05, 0.1) is 6.04 Å². The lowest BCUT2D eigenvalue weighted by molar-refractivity contribution is 0.422. The molecule has 4 nitrogen and oxygen atoms in total. The number of anilines is 1. The molecular weight excluding hydrogens is 270 g/mol. The van der Waals surface area contributed by atoms with Crippen LogP contribution in [0.4, 0.5) is 6.01 Å². The number of aryl methyl sites for hydroxylation is 1. The maximum Gasteiger partial charge on any atom is 0.321 e. The second-order valence-corrected chi connectivity index (χ2v) is 4.48. The Morgan fingerprint density at radius 1 is 1.31 bits per heavy atom. The van der Waals surface area contributed by atoms with Gasteiger partial charge in [-0.2, -0.15) is 4.98 Å². The van der Waals surface area contributed by atoms with Gasteiger partial charge in [-0.1, -0.05) is 33.2 Å². The molecule has 0 fully saturated rings. The van der Waals surface area contributed by atoms with Crippen LogP contribution in [0.3, 0.4) is 0 Å². The highest BCUT2D eigenvalue weighted by Gasteiger charge is 2.08. The van der Waals surface area contributed by atoms with Crippen LogP contribution >= 0.6 is 15.9 Å². The second kappa shape index (κ2) is 4.65. The predicted molar refractivity (Wildman–Crippen MR) is 65.2 cm³/mol. The highest BCUT2D eigenvalue weighted by atomic mass is 79.9. The summed E-state index contributed by atoms with van der Waals surface area (Å²) < 4.78 is 6.07. The minimum atomic E-state index is 0.132. The van der Waals surface area contributed by atoms with E-state index in [1.165, 1.54) is 5.56 Å². The molecule has 0 saturated heterocycles. The van der Waals surface area contributed by atoms with Gasteiger partial charge in [0.1, 0.15) is 0 Å². The number of nitrogens with zero attached hydrogens (tertiary/aromatic N) is 2. The molecular formula is C11H12BrN3O. The predicted octanol–water partition coefficient (Wildman–Crippen LogP) is 3.31. The lowest BCUT2D eigenvalue weighted by atomic mass is 10.1. The minimum Gasteiger partial charge on any atom is -0.331 e. The van der Waals surface area contributed by atoms with Crippen LogP contribution in [0.15, 0.2) is 33.3 Å². The SMILES string of the molecule is Cc1noc(NC(C)c2ccc(Br)cc2)n1. The number of benzene rings is 1. The third kappa shape index (κ3) is 2.61. The zero-order chi connectivity index (χ0) is 11.5. The van der Waals surface area contributed by atoms with E-state index in [4.69, 9.17) is 4.52 Å². The summed E-state index contributed by atoms with van der Waals surface area (Å²) in [4.78, 5) is 4.10. The van der Waals surface area contributed by atoms with E-state index in [0.29, 0.717) is 11.8 Å². The molecule has 1 unspecified atom stereocenters. The summed E-state index contributed by atoms with van der Waals surface area (Å²) in [5.41, 5.74) is 1.17. The van der Waals surface area contributed by atoms with Gasteiger partial charge in [0.2, 0.25) is 0 Å². The molecule has 1 aromatic heterocycles. The number of nitrogens with one attached hydrogen (secondary N) is 1. The van der Waals surface area contributed by atoms with Gasteiger partial charge in [-0.25, -0.2) is 0 Å². The lowest BCUT2D eigenvalue weighted by Crippen LogP contribution is -2.06. The normalized spacial score (nSPS) is 12.4. The van der Waals surface area contributed by atoms with E-state index >= 15 is 0 Å². The Morgan fingerprint density at radius 2 is 2.00 bits per heavy atom. The van der Waals surface area contributed by atoms with E-state index in [9.17, 15) is 0 Å². The van der Waals surface area contributed by atoms with Gasteiger partial charge < -0.3 is 9.84 Å². The van der Waals surface area contributed by atoms with Crippen LogP contribution in [0.5, 0.6) is 0 Å². The molecule has 0 amide bonds. The van der Waals surface area contributed by atoms with Crippen LogP contribution in [0, 0.1) is 6.92 Å². The highest BCUT2D eigenvalue weighted by molar-refractivity contribution is 9.10. The molecule has 0 aliphatic rings. The van der Waals surface area contributed by atoms with E-state index in [2.05, 4.69) is 31.4 Å². The Bertz CT molecular complexity index is 466. The second-order valence-electron chi connectivity index (χ2n) is 3.56. The Labute approximate surface area is 102 Å². The molecule has 1 heterocycles. The summed E-state index contributed by atoms with van der Waals surface area (Å²) in [5.74, 6) is 0.630. The van der Waals surface area contributed by atoms with Crippen LogP contribution in [-0.4, -0.2) is 10.1 Å². The van der Waals surface area contributed by atoms with E-state index in [1.807, 2.05) is 31.2 Å². The zero-order valence-electron chi connectivity index (χ0n) is 9.07. The van der Waals surface area contributed by atoms with Crippen molar-refractivity contribution in [1.29, 1.82) is 0 Å². The van der Waals surface area contributed by atoms with Gasteiger partial charge in [0.15, 0.2) is 5.82 Å². The van der Waals surface area contributed by atoms with Gasteiger partial charge in [-0.15, -0.1) is 0 Å². The van der Waals surface area contributed by atoms with Crippen LogP contribution in [0.1, 0.15) is 24.4 Å². The average molecular weight is 282 g/mol. The molecule has 2 aromatic rings. The molecule has 1 aromatic carbocycles. The first-order valence-electron chi connectivity index (χ1n) is 4.97. The third-order valence-corrected chi connectivity index (χ3v) is 2.77. The van der Waals surface area contributed by atoms with Crippen molar-refractivity contribution in [3.63, 3.8) is 0 Å². The summed E-state index contributed by atoms with van der Waals surface area (Å²) in [7, 11) is 0. The van der Waals surface area contributed by atoms with E-state index < -0.39 is 0 Å². The molecule has 0 spiro atoms. The first kappa shape index (κ1) is 11.1. The minimum absolute atomic E-state index is 0.132.